The molecule has 1 aliphatic heterocycles. The van der Waals surface area contributed by atoms with Crippen molar-refractivity contribution in [1.29, 1.82) is 0 Å². The first-order chi connectivity index (χ1) is 15.4. The lowest BCUT2D eigenvalue weighted by molar-refractivity contribution is 0.239. The topological polar surface area (TPSA) is 37.4 Å². The maximum absolute atomic E-state index is 6.14. The quantitative estimate of drug-likeness (QED) is 0.454. The molecule has 31 heavy (non-hydrogen) atoms. The molecule has 1 N–H and O–H groups in total. The minimum absolute atomic E-state index is 0.137. The minimum Gasteiger partial charge on any atom is -0.489 e. The van der Waals surface area contributed by atoms with E-state index in [1.54, 1.807) is 11.3 Å². The van der Waals surface area contributed by atoms with Gasteiger partial charge in [0.25, 0.3) is 0 Å². The summed E-state index contributed by atoms with van der Waals surface area (Å²) < 4.78 is 7.38. The van der Waals surface area contributed by atoms with Gasteiger partial charge in [0, 0.05) is 19.6 Å². The molecule has 1 aliphatic rings. The van der Waals surface area contributed by atoms with E-state index in [0.29, 0.717) is 6.61 Å². The predicted molar refractivity (Wildman–Crippen MR) is 128 cm³/mol. The fraction of sp³-hybridized carbons (Fsp3) is 0.269. The van der Waals surface area contributed by atoms with Crippen LogP contribution in [0, 0.1) is 0 Å². The van der Waals surface area contributed by atoms with Crippen molar-refractivity contribution in [3.63, 3.8) is 0 Å². The molecular weight excluding hydrogens is 402 g/mol. The van der Waals surface area contributed by atoms with Crippen LogP contribution in [0.15, 0.2) is 78.9 Å². The molecule has 5 heteroatoms. The van der Waals surface area contributed by atoms with E-state index in [0.717, 1.165) is 48.9 Å². The fourth-order valence-corrected chi connectivity index (χ4v) is 5.29. The molecular formula is C26H27N3OS. The Hall–Kier alpha value is -2.73. The third-order valence-corrected chi connectivity index (χ3v) is 6.80. The number of thiazole rings is 1. The van der Waals surface area contributed by atoms with Gasteiger partial charge in [-0.25, -0.2) is 4.98 Å². The molecule has 5 rings (SSSR count). The Morgan fingerprint density at radius 3 is 2.71 bits per heavy atom. The lowest BCUT2D eigenvalue weighted by Gasteiger charge is -2.29. The first kappa shape index (κ1) is 20.2. The second-order valence-corrected chi connectivity index (χ2v) is 8.97. The molecule has 0 amide bonds. The molecule has 4 nitrogen and oxygen atoms in total. The minimum atomic E-state index is 0.137. The summed E-state index contributed by atoms with van der Waals surface area (Å²) in [5.41, 5.74) is 3.50. The number of hydrogen-bond acceptors (Lipinski definition) is 5. The standard InChI is InChI=1S/C26H27N3OS/c1-2-8-20(9-3-1)19-30-22-11-6-10-21(18-22)25(29-16-7-14-27-15-17-29)26-28-23-12-4-5-13-24(23)31-26/h1-6,8-13,18,25,27H,7,14-17,19H2. The van der Waals surface area contributed by atoms with E-state index in [1.807, 2.05) is 24.3 Å². The highest BCUT2D eigenvalue weighted by Gasteiger charge is 2.26. The normalized spacial score (nSPS) is 16.1. The number of aromatic nitrogens is 1. The van der Waals surface area contributed by atoms with E-state index in [4.69, 9.17) is 9.72 Å². The van der Waals surface area contributed by atoms with Gasteiger partial charge >= 0.3 is 0 Å². The van der Waals surface area contributed by atoms with Gasteiger partial charge in [-0.3, -0.25) is 4.90 Å². The van der Waals surface area contributed by atoms with Crippen molar-refractivity contribution in [3.8, 4) is 5.75 Å². The molecule has 1 saturated heterocycles. The molecule has 1 fully saturated rings. The number of hydrogen-bond donors (Lipinski definition) is 1. The monoisotopic (exact) mass is 429 g/mol. The molecule has 3 aromatic carbocycles. The van der Waals surface area contributed by atoms with Crippen LogP contribution in [0.5, 0.6) is 5.75 Å². The highest BCUT2D eigenvalue weighted by Crippen LogP contribution is 2.36. The van der Waals surface area contributed by atoms with Gasteiger partial charge in [0.15, 0.2) is 0 Å². The Labute approximate surface area is 187 Å². The van der Waals surface area contributed by atoms with Gasteiger partial charge in [0.05, 0.1) is 16.3 Å². The van der Waals surface area contributed by atoms with Crippen LogP contribution < -0.4 is 10.1 Å². The molecule has 0 spiro atoms. The third kappa shape index (κ3) is 4.79. The Morgan fingerprint density at radius 2 is 1.81 bits per heavy atom. The first-order valence-corrected chi connectivity index (χ1v) is 11.8. The zero-order valence-corrected chi connectivity index (χ0v) is 18.4. The van der Waals surface area contributed by atoms with Gasteiger partial charge in [-0.1, -0.05) is 54.6 Å². The number of ether oxygens (including phenoxy) is 1. The van der Waals surface area contributed by atoms with Crippen LogP contribution in [-0.2, 0) is 6.61 Å². The maximum Gasteiger partial charge on any atom is 0.120 e. The van der Waals surface area contributed by atoms with Crippen molar-refractivity contribution in [1.82, 2.24) is 15.2 Å². The van der Waals surface area contributed by atoms with Gasteiger partial charge in [-0.15, -0.1) is 11.3 Å². The maximum atomic E-state index is 6.14. The summed E-state index contributed by atoms with van der Waals surface area (Å²) in [7, 11) is 0. The van der Waals surface area contributed by atoms with Gasteiger partial charge in [-0.2, -0.15) is 0 Å². The molecule has 158 valence electrons. The smallest absolute Gasteiger partial charge is 0.120 e. The van der Waals surface area contributed by atoms with E-state index in [9.17, 15) is 0 Å². The number of benzene rings is 3. The van der Waals surface area contributed by atoms with Crippen molar-refractivity contribution >= 4 is 21.6 Å². The van der Waals surface area contributed by atoms with Gasteiger partial charge in [-0.05, 0) is 48.4 Å². The third-order valence-electron chi connectivity index (χ3n) is 5.71. The van der Waals surface area contributed by atoms with Crippen molar-refractivity contribution in [3.05, 3.63) is 95.0 Å². The molecule has 0 bridgehead atoms. The summed E-state index contributed by atoms with van der Waals surface area (Å²) in [6.07, 6.45) is 1.14. The van der Waals surface area contributed by atoms with E-state index < -0.39 is 0 Å². The van der Waals surface area contributed by atoms with Crippen LogP contribution in [0.4, 0.5) is 0 Å². The molecule has 0 saturated carbocycles. The van der Waals surface area contributed by atoms with Crippen LogP contribution in [-0.4, -0.2) is 36.1 Å². The van der Waals surface area contributed by atoms with Gasteiger partial charge in [0.1, 0.15) is 17.4 Å². The van der Waals surface area contributed by atoms with E-state index in [-0.39, 0.29) is 6.04 Å². The average molecular weight is 430 g/mol. The number of rotatable bonds is 6. The lowest BCUT2D eigenvalue weighted by Crippen LogP contribution is -2.33. The van der Waals surface area contributed by atoms with Crippen LogP contribution >= 0.6 is 11.3 Å². The molecule has 2 heterocycles. The Kier molecular flexibility index (Phi) is 6.25. The Balaban J connectivity index is 1.47. The Morgan fingerprint density at radius 1 is 0.935 bits per heavy atom. The second kappa shape index (κ2) is 9.60. The average Bonchev–Trinajstić information content (AvgIpc) is 3.06. The second-order valence-electron chi connectivity index (χ2n) is 7.91. The largest absolute Gasteiger partial charge is 0.489 e. The summed E-state index contributed by atoms with van der Waals surface area (Å²) in [4.78, 5) is 7.60. The molecule has 0 aliphatic carbocycles. The molecule has 1 aromatic heterocycles. The zero-order valence-electron chi connectivity index (χ0n) is 17.5. The highest BCUT2D eigenvalue weighted by molar-refractivity contribution is 7.18. The molecule has 1 unspecified atom stereocenters. The summed E-state index contributed by atoms with van der Waals surface area (Å²) >= 11 is 1.80. The SMILES string of the molecule is c1ccc(COc2cccc(C(c3nc4ccccc4s3)N3CCCNCC3)c2)cc1. The summed E-state index contributed by atoms with van der Waals surface area (Å²) in [5.74, 6) is 0.903. The highest BCUT2D eigenvalue weighted by atomic mass is 32.1. The van der Waals surface area contributed by atoms with Gasteiger partial charge in [0.2, 0.25) is 0 Å². The number of nitrogens with one attached hydrogen (secondary N) is 1. The number of fused-ring (bicyclic) bond motifs is 1. The van der Waals surface area contributed by atoms with Gasteiger partial charge < -0.3 is 10.1 Å². The number of para-hydroxylation sites is 1. The fourth-order valence-electron chi connectivity index (χ4n) is 4.16. The van der Waals surface area contributed by atoms with Crippen molar-refractivity contribution in [2.45, 2.75) is 19.1 Å². The zero-order chi connectivity index (χ0) is 20.9. The van der Waals surface area contributed by atoms with Crippen molar-refractivity contribution in [2.24, 2.45) is 0 Å². The van der Waals surface area contributed by atoms with Crippen LogP contribution in [0.25, 0.3) is 10.2 Å². The van der Waals surface area contributed by atoms with Crippen LogP contribution in [0.1, 0.15) is 28.6 Å². The summed E-state index contributed by atoms with van der Waals surface area (Å²) in [5, 5.41) is 4.68. The first-order valence-electron chi connectivity index (χ1n) is 10.9. The van der Waals surface area contributed by atoms with Crippen molar-refractivity contribution < 1.29 is 4.74 Å². The van der Waals surface area contributed by atoms with E-state index >= 15 is 0 Å². The van der Waals surface area contributed by atoms with E-state index in [1.165, 1.54) is 15.8 Å². The predicted octanol–water partition coefficient (Wildman–Crippen LogP) is 5.26. The molecule has 0 radical (unpaired) electrons. The Bertz CT molecular complexity index is 1090. The number of nitrogens with zero attached hydrogens (tertiary/aromatic N) is 2. The lowest BCUT2D eigenvalue weighted by atomic mass is 10.0. The van der Waals surface area contributed by atoms with E-state index in [2.05, 4.69) is 64.8 Å². The molecule has 4 aromatic rings. The molecule has 1 atom stereocenters. The summed E-state index contributed by atoms with van der Waals surface area (Å²) in [6, 6.07) is 27.4. The van der Waals surface area contributed by atoms with Crippen LogP contribution in [0.2, 0.25) is 0 Å². The summed E-state index contributed by atoms with van der Waals surface area (Å²) in [6.45, 7) is 4.72. The van der Waals surface area contributed by atoms with Crippen molar-refractivity contribution in [2.75, 3.05) is 26.2 Å². The van der Waals surface area contributed by atoms with Crippen LogP contribution in [0.3, 0.4) is 0 Å².